The molecule has 1 N–H and O–H groups in total. The molecule has 0 unspecified atom stereocenters. The molecule has 2 aromatic rings. The van der Waals surface area contributed by atoms with Crippen LogP contribution in [0.25, 0.3) is 0 Å². The van der Waals surface area contributed by atoms with Gasteiger partial charge in [0.25, 0.3) is 5.91 Å². The molecule has 0 spiro atoms. The number of carbonyl (C=O) groups excluding carboxylic acids is 2. The predicted molar refractivity (Wildman–Crippen MR) is 120 cm³/mol. The van der Waals surface area contributed by atoms with Crippen molar-refractivity contribution in [3.8, 4) is 5.75 Å². The van der Waals surface area contributed by atoms with E-state index < -0.39 is 6.04 Å². The molecule has 0 bridgehead atoms. The van der Waals surface area contributed by atoms with Crippen molar-refractivity contribution in [1.29, 1.82) is 0 Å². The summed E-state index contributed by atoms with van der Waals surface area (Å²) in [7, 11) is 0. The van der Waals surface area contributed by atoms with Crippen molar-refractivity contribution in [3.05, 3.63) is 61.5 Å². The van der Waals surface area contributed by atoms with Crippen molar-refractivity contribution < 1.29 is 14.3 Å². The minimum absolute atomic E-state index is 0.0702. The number of nitrogens with zero attached hydrogens (tertiary/aromatic N) is 1. The van der Waals surface area contributed by atoms with E-state index in [9.17, 15) is 9.59 Å². The number of amides is 2. The molecule has 2 rings (SSSR count). The monoisotopic (exact) mass is 520 g/mol. The fraction of sp³-hybridized carbons (Fsp3) is 0.300. The largest absolute Gasteiger partial charge is 0.483 e. The van der Waals surface area contributed by atoms with Crippen molar-refractivity contribution in [3.63, 3.8) is 0 Å². The standard InChI is InChI=1S/C20H20BrCl3N2O3/c1-3-25-20(28)12(2)26(10-14-16(23)5-4-6-17(14)24)19(27)11-29-18-8-7-13(22)9-15(18)21/h4-9,12H,3,10-11H2,1-2H3,(H,25,28)/t12-/m1/s1. The Kier molecular flexibility index (Phi) is 9.08. The van der Waals surface area contributed by atoms with Gasteiger partial charge in [0, 0.05) is 33.7 Å². The smallest absolute Gasteiger partial charge is 0.261 e. The first-order valence-corrected chi connectivity index (χ1v) is 10.7. The van der Waals surface area contributed by atoms with Crippen molar-refractivity contribution in [1.82, 2.24) is 10.2 Å². The van der Waals surface area contributed by atoms with E-state index in [4.69, 9.17) is 39.5 Å². The highest BCUT2D eigenvalue weighted by Crippen LogP contribution is 2.29. The van der Waals surface area contributed by atoms with Gasteiger partial charge in [-0.3, -0.25) is 9.59 Å². The first-order chi connectivity index (χ1) is 13.7. The number of carbonyl (C=O) groups is 2. The molecule has 0 radical (unpaired) electrons. The summed E-state index contributed by atoms with van der Waals surface area (Å²) in [5, 5.41) is 4.09. The average molecular weight is 523 g/mol. The third-order valence-corrected chi connectivity index (χ3v) is 5.72. The lowest BCUT2D eigenvalue weighted by Crippen LogP contribution is -2.49. The van der Waals surface area contributed by atoms with E-state index in [1.807, 2.05) is 6.92 Å². The van der Waals surface area contributed by atoms with Gasteiger partial charge < -0.3 is 15.0 Å². The Morgan fingerprint density at radius 2 is 1.83 bits per heavy atom. The van der Waals surface area contributed by atoms with Crippen LogP contribution in [0, 0.1) is 0 Å². The van der Waals surface area contributed by atoms with E-state index in [2.05, 4.69) is 21.2 Å². The summed E-state index contributed by atoms with van der Waals surface area (Å²) in [6, 6.07) is 9.32. The van der Waals surface area contributed by atoms with Crippen molar-refractivity contribution in [2.45, 2.75) is 26.4 Å². The number of halogens is 4. The number of rotatable bonds is 8. The lowest BCUT2D eigenvalue weighted by Gasteiger charge is -2.29. The molecule has 2 aromatic carbocycles. The number of nitrogens with one attached hydrogen (secondary N) is 1. The van der Waals surface area contributed by atoms with Crippen molar-refractivity contribution in [2.75, 3.05) is 13.2 Å². The maximum absolute atomic E-state index is 13.0. The molecular formula is C20H20BrCl3N2O3. The van der Waals surface area contributed by atoms with Gasteiger partial charge in [0.2, 0.25) is 5.91 Å². The van der Waals surface area contributed by atoms with Crippen LogP contribution in [0.15, 0.2) is 40.9 Å². The Hall–Kier alpha value is -1.47. The summed E-state index contributed by atoms with van der Waals surface area (Å²) >= 11 is 21.8. The van der Waals surface area contributed by atoms with Crippen LogP contribution in [0.2, 0.25) is 15.1 Å². The van der Waals surface area contributed by atoms with Gasteiger partial charge in [-0.25, -0.2) is 0 Å². The van der Waals surface area contributed by atoms with Crippen LogP contribution >= 0.6 is 50.7 Å². The fourth-order valence-corrected chi connectivity index (χ4v) is 3.89. The van der Waals surface area contributed by atoms with Crippen LogP contribution in [0.4, 0.5) is 0 Å². The molecule has 0 saturated heterocycles. The molecular weight excluding hydrogens is 502 g/mol. The topological polar surface area (TPSA) is 58.6 Å². The first kappa shape index (κ1) is 23.8. The molecule has 29 heavy (non-hydrogen) atoms. The van der Waals surface area contributed by atoms with E-state index in [0.717, 1.165) is 0 Å². The molecule has 0 aliphatic carbocycles. The van der Waals surface area contributed by atoms with Crippen molar-refractivity contribution in [2.24, 2.45) is 0 Å². The average Bonchev–Trinajstić information content (AvgIpc) is 2.66. The zero-order chi connectivity index (χ0) is 21.6. The minimum Gasteiger partial charge on any atom is -0.483 e. The summed E-state index contributed by atoms with van der Waals surface area (Å²) in [5.41, 5.74) is 0.563. The molecule has 0 aromatic heterocycles. The molecule has 0 aliphatic rings. The Balaban J connectivity index is 2.23. The maximum atomic E-state index is 13.0. The van der Waals surface area contributed by atoms with Gasteiger partial charge in [-0.2, -0.15) is 0 Å². The minimum atomic E-state index is -0.743. The Morgan fingerprint density at radius 1 is 1.17 bits per heavy atom. The van der Waals surface area contributed by atoms with Gasteiger partial charge in [0.1, 0.15) is 11.8 Å². The number of likely N-dealkylation sites (N-methyl/N-ethyl adjacent to an activating group) is 1. The normalized spacial score (nSPS) is 11.7. The number of hydrogen-bond donors (Lipinski definition) is 1. The second-order valence-corrected chi connectivity index (χ2v) is 8.26. The molecule has 2 amide bonds. The Bertz CT molecular complexity index is 875. The van der Waals surface area contributed by atoms with Crippen LogP contribution in [0.1, 0.15) is 19.4 Å². The van der Waals surface area contributed by atoms with E-state index in [-0.39, 0.29) is 25.0 Å². The lowest BCUT2D eigenvalue weighted by molar-refractivity contribution is -0.142. The zero-order valence-corrected chi connectivity index (χ0v) is 19.7. The van der Waals surface area contributed by atoms with Gasteiger partial charge in [0.05, 0.1) is 4.47 Å². The van der Waals surface area contributed by atoms with Crippen LogP contribution in [0.3, 0.4) is 0 Å². The summed E-state index contributed by atoms with van der Waals surface area (Å²) in [5.74, 6) is -0.206. The number of hydrogen-bond acceptors (Lipinski definition) is 3. The third kappa shape index (κ3) is 6.51. The maximum Gasteiger partial charge on any atom is 0.261 e. The highest BCUT2D eigenvalue weighted by atomic mass is 79.9. The zero-order valence-electron chi connectivity index (χ0n) is 15.8. The second kappa shape index (κ2) is 11.1. The highest BCUT2D eigenvalue weighted by molar-refractivity contribution is 9.10. The van der Waals surface area contributed by atoms with Gasteiger partial charge in [-0.15, -0.1) is 0 Å². The van der Waals surface area contributed by atoms with Crippen LogP contribution < -0.4 is 10.1 Å². The Labute approximate surface area is 193 Å². The van der Waals surface area contributed by atoms with Gasteiger partial charge >= 0.3 is 0 Å². The molecule has 5 nitrogen and oxygen atoms in total. The van der Waals surface area contributed by atoms with E-state index in [1.54, 1.807) is 43.3 Å². The molecule has 0 saturated carbocycles. The molecule has 0 fully saturated rings. The molecule has 0 heterocycles. The quantitative estimate of drug-likeness (QED) is 0.509. The molecule has 0 aliphatic heterocycles. The van der Waals surface area contributed by atoms with Gasteiger partial charge in [0.15, 0.2) is 6.61 Å². The molecule has 156 valence electrons. The predicted octanol–water partition coefficient (Wildman–Crippen LogP) is 5.34. The second-order valence-electron chi connectivity index (χ2n) is 6.16. The molecule has 9 heteroatoms. The summed E-state index contributed by atoms with van der Waals surface area (Å²) in [6.45, 7) is 3.70. The highest BCUT2D eigenvalue weighted by Gasteiger charge is 2.27. The fourth-order valence-electron chi connectivity index (χ4n) is 2.57. The Morgan fingerprint density at radius 3 is 2.41 bits per heavy atom. The van der Waals surface area contributed by atoms with Crippen LogP contribution in [0.5, 0.6) is 5.75 Å². The summed E-state index contributed by atoms with van der Waals surface area (Å²) in [6.07, 6.45) is 0. The first-order valence-electron chi connectivity index (χ1n) is 8.82. The SMILES string of the molecule is CCNC(=O)[C@@H](C)N(Cc1c(Cl)cccc1Cl)C(=O)COc1ccc(Cl)cc1Br. The van der Waals surface area contributed by atoms with Gasteiger partial charge in [-0.05, 0) is 60.1 Å². The van der Waals surface area contributed by atoms with Gasteiger partial charge in [-0.1, -0.05) is 40.9 Å². The van der Waals surface area contributed by atoms with Crippen LogP contribution in [-0.4, -0.2) is 35.9 Å². The lowest BCUT2D eigenvalue weighted by atomic mass is 10.1. The summed E-state index contributed by atoms with van der Waals surface area (Å²) in [4.78, 5) is 26.7. The van der Waals surface area contributed by atoms with E-state index >= 15 is 0 Å². The third-order valence-electron chi connectivity index (χ3n) is 4.15. The van der Waals surface area contributed by atoms with Crippen LogP contribution in [-0.2, 0) is 16.1 Å². The van der Waals surface area contributed by atoms with E-state index in [1.165, 1.54) is 4.90 Å². The van der Waals surface area contributed by atoms with E-state index in [0.29, 0.717) is 37.4 Å². The van der Waals surface area contributed by atoms with Crippen molar-refractivity contribution >= 4 is 62.5 Å². The summed E-state index contributed by atoms with van der Waals surface area (Å²) < 4.78 is 6.25. The number of ether oxygens (including phenoxy) is 1. The molecule has 1 atom stereocenters. The number of benzene rings is 2.